The van der Waals surface area contributed by atoms with Crippen molar-refractivity contribution >= 4 is 0 Å². The topological polar surface area (TPSA) is 29.3 Å². The van der Waals surface area contributed by atoms with Crippen molar-refractivity contribution in [3.63, 3.8) is 0 Å². The lowest BCUT2D eigenvalue weighted by Gasteiger charge is -2.47. The third-order valence-electron chi connectivity index (χ3n) is 6.84. The quantitative estimate of drug-likeness (QED) is 0.832. The van der Waals surface area contributed by atoms with Gasteiger partial charge in [0, 0.05) is 12.1 Å². The molecule has 3 aliphatic rings. The first-order chi connectivity index (χ1) is 9.60. The van der Waals surface area contributed by atoms with Crippen LogP contribution in [0.3, 0.4) is 0 Å². The van der Waals surface area contributed by atoms with Gasteiger partial charge in [-0.15, -0.1) is 0 Å². The second-order valence-corrected chi connectivity index (χ2v) is 8.29. The van der Waals surface area contributed by atoms with Gasteiger partial charge >= 0.3 is 0 Å². The summed E-state index contributed by atoms with van der Waals surface area (Å²) in [5.41, 5.74) is 7.22. The van der Waals surface area contributed by atoms with E-state index in [0.29, 0.717) is 12.1 Å². The average Bonchev–Trinajstić information content (AvgIpc) is 2.89. The van der Waals surface area contributed by atoms with Gasteiger partial charge < -0.3 is 5.73 Å². The maximum Gasteiger partial charge on any atom is 0.0249 e. The van der Waals surface area contributed by atoms with Crippen LogP contribution in [-0.2, 0) is 0 Å². The smallest absolute Gasteiger partial charge is 0.0249 e. The largest absolute Gasteiger partial charge is 0.326 e. The van der Waals surface area contributed by atoms with Gasteiger partial charge in [0.1, 0.15) is 0 Å². The van der Waals surface area contributed by atoms with Crippen molar-refractivity contribution in [2.45, 2.75) is 83.7 Å². The highest BCUT2D eigenvalue weighted by Gasteiger charge is 2.40. The highest BCUT2D eigenvalue weighted by molar-refractivity contribution is 4.95. The molecule has 3 atom stereocenters. The third kappa shape index (κ3) is 2.92. The minimum atomic E-state index is 0.433. The molecule has 0 aromatic rings. The van der Waals surface area contributed by atoms with Crippen LogP contribution < -0.4 is 5.73 Å². The molecule has 116 valence electrons. The van der Waals surface area contributed by atoms with Crippen molar-refractivity contribution < 1.29 is 0 Å². The zero-order chi connectivity index (χ0) is 14.2. The molecule has 3 fully saturated rings. The van der Waals surface area contributed by atoms with Gasteiger partial charge in [-0.3, -0.25) is 4.90 Å². The molecule has 0 aromatic heterocycles. The van der Waals surface area contributed by atoms with Crippen LogP contribution in [0.25, 0.3) is 0 Å². The van der Waals surface area contributed by atoms with Gasteiger partial charge in [0.2, 0.25) is 0 Å². The van der Waals surface area contributed by atoms with Gasteiger partial charge in [-0.05, 0) is 75.3 Å². The Morgan fingerprint density at radius 2 is 1.65 bits per heavy atom. The van der Waals surface area contributed by atoms with E-state index in [-0.39, 0.29) is 0 Å². The molecule has 2 nitrogen and oxygen atoms in total. The van der Waals surface area contributed by atoms with E-state index in [0.717, 1.165) is 17.3 Å². The number of rotatable bonds is 2. The summed E-state index contributed by atoms with van der Waals surface area (Å²) in [7, 11) is 0. The molecule has 3 rings (SSSR count). The molecule has 0 bridgehead atoms. The first-order valence-corrected chi connectivity index (χ1v) is 9.09. The van der Waals surface area contributed by atoms with E-state index in [9.17, 15) is 0 Å². The van der Waals surface area contributed by atoms with Crippen molar-refractivity contribution in [2.75, 3.05) is 13.1 Å². The molecular weight excluding hydrogens is 244 g/mol. The second-order valence-electron chi connectivity index (χ2n) is 8.29. The van der Waals surface area contributed by atoms with E-state index in [1.54, 1.807) is 0 Å². The molecule has 20 heavy (non-hydrogen) atoms. The van der Waals surface area contributed by atoms with Crippen LogP contribution in [0.2, 0.25) is 0 Å². The first kappa shape index (κ1) is 14.8. The van der Waals surface area contributed by atoms with E-state index >= 15 is 0 Å². The van der Waals surface area contributed by atoms with Crippen molar-refractivity contribution in [3.05, 3.63) is 0 Å². The highest BCUT2D eigenvalue weighted by Crippen LogP contribution is 2.47. The minimum Gasteiger partial charge on any atom is -0.326 e. The Hall–Kier alpha value is -0.0800. The van der Waals surface area contributed by atoms with Gasteiger partial charge in [0.05, 0.1) is 0 Å². The molecule has 1 heterocycles. The van der Waals surface area contributed by atoms with Crippen molar-refractivity contribution in [2.24, 2.45) is 23.0 Å². The van der Waals surface area contributed by atoms with Crippen LogP contribution in [0.15, 0.2) is 0 Å². The molecule has 3 unspecified atom stereocenters. The van der Waals surface area contributed by atoms with Gasteiger partial charge in [-0.1, -0.05) is 26.7 Å². The Kier molecular flexibility index (Phi) is 4.42. The fraction of sp³-hybridized carbons (Fsp3) is 1.00. The summed E-state index contributed by atoms with van der Waals surface area (Å²) in [6.45, 7) is 7.43. The number of nitrogens with zero attached hydrogens (tertiary/aromatic N) is 1. The first-order valence-electron chi connectivity index (χ1n) is 9.09. The average molecular weight is 278 g/mol. The molecule has 2 heteroatoms. The maximum atomic E-state index is 6.48. The summed E-state index contributed by atoms with van der Waals surface area (Å²) in [6, 6.07) is 1.11. The van der Waals surface area contributed by atoms with Gasteiger partial charge in [-0.2, -0.15) is 0 Å². The monoisotopic (exact) mass is 278 g/mol. The highest BCUT2D eigenvalue weighted by atomic mass is 15.2. The number of nitrogens with two attached hydrogens (primary N) is 1. The number of likely N-dealkylation sites (tertiary alicyclic amines) is 1. The van der Waals surface area contributed by atoms with Crippen LogP contribution >= 0.6 is 0 Å². The van der Waals surface area contributed by atoms with Gasteiger partial charge in [0.25, 0.3) is 0 Å². The van der Waals surface area contributed by atoms with E-state index < -0.39 is 0 Å². The van der Waals surface area contributed by atoms with Crippen LogP contribution in [-0.4, -0.2) is 30.1 Å². The summed E-state index contributed by atoms with van der Waals surface area (Å²) in [5, 5.41) is 0. The summed E-state index contributed by atoms with van der Waals surface area (Å²) in [4.78, 5) is 2.77. The number of hydrogen-bond donors (Lipinski definition) is 1. The summed E-state index contributed by atoms with van der Waals surface area (Å²) in [6.07, 6.45) is 12.8. The second kappa shape index (κ2) is 5.96. The minimum absolute atomic E-state index is 0.433. The van der Waals surface area contributed by atoms with E-state index in [1.807, 2.05) is 0 Å². The zero-order valence-electron chi connectivity index (χ0n) is 13.6. The van der Waals surface area contributed by atoms with Crippen molar-refractivity contribution in [1.82, 2.24) is 4.90 Å². The predicted octanol–water partition coefficient (Wildman–Crippen LogP) is 3.79. The third-order valence-corrected chi connectivity index (χ3v) is 6.84. The van der Waals surface area contributed by atoms with Gasteiger partial charge in [-0.25, -0.2) is 0 Å². The molecule has 2 N–H and O–H groups in total. The Bertz CT molecular complexity index is 309. The number of piperidine rings is 1. The Morgan fingerprint density at radius 3 is 2.25 bits per heavy atom. The lowest BCUT2D eigenvalue weighted by Crippen LogP contribution is -2.54. The molecule has 0 amide bonds. The normalized spacial score (nSPS) is 38.7. The van der Waals surface area contributed by atoms with Crippen molar-refractivity contribution in [1.29, 1.82) is 0 Å². The van der Waals surface area contributed by atoms with Crippen LogP contribution in [0.5, 0.6) is 0 Å². The van der Waals surface area contributed by atoms with E-state index in [2.05, 4.69) is 18.7 Å². The molecular formula is C18H34N2. The molecule has 1 saturated heterocycles. The molecule has 1 spiro atoms. The Morgan fingerprint density at radius 1 is 1.00 bits per heavy atom. The van der Waals surface area contributed by atoms with Crippen LogP contribution in [0, 0.1) is 17.3 Å². The Balaban J connectivity index is 1.58. The predicted molar refractivity (Wildman–Crippen MR) is 85.7 cm³/mol. The molecule has 1 aliphatic heterocycles. The Labute approximate surface area is 125 Å². The SMILES string of the molecule is CC(C)C1CCC(N)C(N2CCC3(CCCC3)CC2)C1. The maximum absolute atomic E-state index is 6.48. The molecule has 0 aromatic carbocycles. The molecule has 0 radical (unpaired) electrons. The summed E-state index contributed by atoms with van der Waals surface area (Å²) >= 11 is 0. The summed E-state index contributed by atoms with van der Waals surface area (Å²) < 4.78 is 0. The fourth-order valence-electron chi connectivity index (χ4n) is 5.18. The summed E-state index contributed by atoms with van der Waals surface area (Å²) in [5.74, 6) is 1.73. The van der Waals surface area contributed by atoms with Gasteiger partial charge in [0.15, 0.2) is 0 Å². The van der Waals surface area contributed by atoms with Crippen LogP contribution in [0.4, 0.5) is 0 Å². The molecule has 2 saturated carbocycles. The van der Waals surface area contributed by atoms with E-state index in [1.165, 1.54) is 70.9 Å². The fourth-order valence-corrected chi connectivity index (χ4v) is 5.18. The van der Waals surface area contributed by atoms with Crippen molar-refractivity contribution in [3.8, 4) is 0 Å². The van der Waals surface area contributed by atoms with E-state index in [4.69, 9.17) is 5.73 Å². The lowest BCUT2D eigenvalue weighted by molar-refractivity contribution is 0.0360. The van der Waals surface area contributed by atoms with Crippen LogP contribution in [0.1, 0.15) is 71.6 Å². The number of hydrogen-bond acceptors (Lipinski definition) is 2. The standard InChI is InChI=1S/C18H34N2/c1-14(2)15-5-6-16(19)17(13-15)20-11-9-18(10-12-20)7-3-4-8-18/h14-17H,3-13,19H2,1-2H3. The lowest BCUT2D eigenvalue weighted by atomic mass is 9.73. The molecule has 2 aliphatic carbocycles. The zero-order valence-corrected chi connectivity index (χ0v) is 13.6.